The number of hydroxylamine groups is 2. The largest absolute Gasteiger partial charge is 0.347 e. The molecule has 1 rings (SSSR count). The average molecular weight is 245 g/mol. The zero-order valence-corrected chi connectivity index (χ0v) is 10.6. The minimum absolute atomic E-state index is 0.168. The van der Waals surface area contributed by atoms with Crippen LogP contribution in [0.4, 0.5) is 0 Å². The molecule has 1 amide bonds. The lowest BCUT2D eigenvalue weighted by Gasteiger charge is -2.39. The Balaban J connectivity index is 2.58. The van der Waals surface area contributed by atoms with Gasteiger partial charge in [-0.25, -0.2) is 5.06 Å². The van der Waals surface area contributed by atoms with Crippen LogP contribution in [0.3, 0.4) is 0 Å². The molecule has 1 aliphatic heterocycles. The van der Waals surface area contributed by atoms with E-state index >= 15 is 0 Å². The van der Waals surface area contributed by atoms with E-state index in [0.29, 0.717) is 6.42 Å². The van der Waals surface area contributed by atoms with Gasteiger partial charge in [-0.15, -0.1) is 0 Å². The first-order valence-corrected chi connectivity index (χ1v) is 5.49. The second-order valence-electron chi connectivity index (χ2n) is 4.45. The van der Waals surface area contributed by atoms with E-state index < -0.39 is 11.9 Å². The molecule has 0 radical (unpaired) electrons. The van der Waals surface area contributed by atoms with Gasteiger partial charge in [-0.2, -0.15) is 0 Å². The normalized spacial score (nSPS) is 27.5. The van der Waals surface area contributed by atoms with Crippen molar-refractivity contribution < 1.29 is 23.9 Å². The van der Waals surface area contributed by atoms with E-state index in [0.717, 1.165) is 11.3 Å². The van der Waals surface area contributed by atoms with Gasteiger partial charge in [0.1, 0.15) is 12.4 Å². The van der Waals surface area contributed by atoms with Crippen LogP contribution < -0.4 is 0 Å². The molecule has 0 saturated carbocycles. The van der Waals surface area contributed by atoms with E-state index in [-0.39, 0.29) is 18.4 Å². The fourth-order valence-electron chi connectivity index (χ4n) is 1.78. The van der Waals surface area contributed by atoms with Crippen molar-refractivity contribution in [3.8, 4) is 0 Å². The van der Waals surface area contributed by atoms with Crippen LogP contribution in [0.5, 0.6) is 0 Å². The molecule has 6 heteroatoms. The van der Waals surface area contributed by atoms with Gasteiger partial charge in [0, 0.05) is 13.5 Å². The van der Waals surface area contributed by atoms with Gasteiger partial charge >= 0.3 is 0 Å². The number of rotatable bonds is 4. The van der Waals surface area contributed by atoms with Crippen LogP contribution >= 0.6 is 0 Å². The summed E-state index contributed by atoms with van der Waals surface area (Å²) in [4.78, 5) is 27.2. The third-order valence-corrected chi connectivity index (χ3v) is 2.56. The summed E-state index contributed by atoms with van der Waals surface area (Å²) < 4.78 is 11.0. The van der Waals surface area contributed by atoms with Gasteiger partial charge < -0.3 is 14.3 Å². The second-order valence-corrected chi connectivity index (χ2v) is 4.45. The Morgan fingerprint density at radius 3 is 2.71 bits per heavy atom. The predicted octanol–water partition coefficient (Wildman–Crippen LogP) is 0.505. The molecule has 0 aliphatic carbocycles. The molecule has 0 aromatic carbocycles. The Labute approximate surface area is 101 Å². The Morgan fingerprint density at radius 2 is 2.18 bits per heavy atom. The summed E-state index contributed by atoms with van der Waals surface area (Å²) in [6, 6.07) is 0. The maximum absolute atomic E-state index is 11.6. The molecule has 0 spiro atoms. The van der Waals surface area contributed by atoms with Gasteiger partial charge in [0.25, 0.3) is 0 Å². The summed E-state index contributed by atoms with van der Waals surface area (Å²) in [6.07, 6.45) is 0.433. The minimum Gasteiger partial charge on any atom is -0.347 e. The number of hydrogen-bond donors (Lipinski definition) is 0. The standard InChI is InChI=1S/C11H19NO5/c1-11(2)16-8(5-9(7-13)17-11)6-10(14)12(3)15-4/h7-9H,5-6H2,1-4H3/t8-,9+/m1/s1. The van der Waals surface area contributed by atoms with Crippen molar-refractivity contribution in [2.45, 2.75) is 44.7 Å². The Morgan fingerprint density at radius 1 is 1.53 bits per heavy atom. The molecule has 1 fully saturated rings. The molecule has 98 valence electrons. The van der Waals surface area contributed by atoms with Crippen LogP contribution in [0.1, 0.15) is 26.7 Å². The monoisotopic (exact) mass is 245 g/mol. The Kier molecular flexibility index (Phi) is 4.62. The molecule has 1 aliphatic rings. The zero-order chi connectivity index (χ0) is 13.1. The first kappa shape index (κ1) is 14.1. The SMILES string of the molecule is CON(C)C(=O)C[C@H]1C[C@@H](C=O)OC(C)(C)O1. The van der Waals surface area contributed by atoms with Crippen LogP contribution in [-0.2, 0) is 23.9 Å². The molecule has 0 aromatic heterocycles. The van der Waals surface area contributed by atoms with Crippen molar-refractivity contribution in [2.24, 2.45) is 0 Å². The summed E-state index contributed by atoms with van der Waals surface area (Å²) in [6.45, 7) is 3.44. The lowest BCUT2D eigenvalue weighted by Crippen LogP contribution is -2.46. The molecule has 0 aromatic rings. The zero-order valence-electron chi connectivity index (χ0n) is 10.6. The second kappa shape index (κ2) is 5.57. The van der Waals surface area contributed by atoms with Crippen LogP contribution in [0.2, 0.25) is 0 Å². The molecule has 17 heavy (non-hydrogen) atoms. The smallest absolute Gasteiger partial charge is 0.248 e. The summed E-state index contributed by atoms with van der Waals surface area (Å²) in [5.74, 6) is -1.04. The lowest BCUT2D eigenvalue weighted by atomic mass is 10.1. The van der Waals surface area contributed by atoms with Crippen molar-refractivity contribution >= 4 is 12.2 Å². The molecule has 6 nitrogen and oxygen atoms in total. The average Bonchev–Trinajstić information content (AvgIpc) is 2.25. The highest BCUT2D eigenvalue weighted by molar-refractivity contribution is 5.75. The third-order valence-electron chi connectivity index (χ3n) is 2.56. The third kappa shape index (κ3) is 4.07. The number of ether oxygens (including phenoxy) is 2. The summed E-state index contributed by atoms with van der Waals surface area (Å²) in [7, 11) is 2.95. The fourth-order valence-corrected chi connectivity index (χ4v) is 1.78. The molecule has 0 unspecified atom stereocenters. The maximum atomic E-state index is 11.6. The molecule has 1 heterocycles. The number of carbonyl (C=O) groups is 2. The lowest BCUT2D eigenvalue weighted by molar-refractivity contribution is -0.291. The van der Waals surface area contributed by atoms with E-state index in [9.17, 15) is 9.59 Å². The van der Waals surface area contributed by atoms with E-state index in [4.69, 9.17) is 14.3 Å². The minimum atomic E-state index is -0.847. The summed E-state index contributed by atoms with van der Waals surface area (Å²) >= 11 is 0. The van der Waals surface area contributed by atoms with Crippen LogP contribution in [0.15, 0.2) is 0 Å². The van der Waals surface area contributed by atoms with Crippen molar-refractivity contribution in [2.75, 3.05) is 14.2 Å². The van der Waals surface area contributed by atoms with Crippen LogP contribution in [0, 0.1) is 0 Å². The summed E-state index contributed by atoms with van der Waals surface area (Å²) in [5, 5.41) is 1.14. The van der Waals surface area contributed by atoms with Crippen molar-refractivity contribution in [3.63, 3.8) is 0 Å². The molecule has 0 N–H and O–H groups in total. The topological polar surface area (TPSA) is 65.1 Å². The van der Waals surface area contributed by atoms with Gasteiger partial charge in [-0.3, -0.25) is 9.63 Å². The highest BCUT2D eigenvalue weighted by Crippen LogP contribution is 2.27. The molecular weight excluding hydrogens is 226 g/mol. The first-order valence-electron chi connectivity index (χ1n) is 5.49. The number of aldehydes is 1. The Bertz CT molecular complexity index is 292. The predicted molar refractivity (Wildman–Crippen MR) is 58.9 cm³/mol. The van der Waals surface area contributed by atoms with Crippen LogP contribution in [0.25, 0.3) is 0 Å². The van der Waals surface area contributed by atoms with E-state index in [2.05, 4.69) is 0 Å². The molecule has 0 bridgehead atoms. The van der Waals surface area contributed by atoms with Gasteiger partial charge in [0.05, 0.1) is 19.6 Å². The number of nitrogens with zero attached hydrogens (tertiary/aromatic N) is 1. The highest BCUT2D eigenvalue weighted by atomic mass is 16.7. The van der Waals surface area contributed by atoms with Gasteiger partial charge in [0.2, 0.25) is 5.91 Å². The van der Waals surface area contributed by atoms with E-state index in [1.807, 2.05) is 0 Å². The first-order chi connectivity index (χ1) is 7.88. The molecule has 1 saturated heterocycles. The van der Waals surface area contributed by atoms with Crippen molar-refractivity contribution in [3.05, 3.63) is 0 Å². The van der Waals surface area contributed by atoms with Gasteiger partial charge in [-0.1, -0.05) is 0 Å². The fraction of sp³-hybridized carbons (Fsp3) is 0.818. The van der Waals surface area contributed by atoms with Gasteiger partial charge in [-0.05, 0) is 13.8 Å². The van der Waals surface area contributed by atoms with E-state index in [1.165, 1.54) is 14.2 Å². The Hall–Kier alpha value is -0.980. The maximum Gasteiger partial charge on any atom is 0.248 e. The highest BCUT2D eigenvalue weighted by Gasteiger charge is 2.36. The number of hydrogen-bond acceptors (Lipinski definition) is 5. The molecule has 2 atom stereocenters. The summed E-state index contributed by atoms with van der Waals surface area (Å²) in [5.41, 5.74) is 0. The quantitative estimate of drug-likeness (QED) is 0.533. The molecular formula is C11H19NO5. The van der Waals surface area contributed by atoms with Crippen molar-refractivity contribution in [1.82, 2.24) is 5.06 Å². The van der Waals surface area contributed by atoms with Crippen molar-refractivity contribution in [1.29, 1.82) is 0 Å². The number of amides is 1. The van der Waals surface area contributed by atoms with E-state index in [1.54, 1.807) is 13.8 Å². The number of carbonyl (C=O) groups excluding carboxylic acids is 2. The van der Waals surface area contributed by atoms with Gasteiger partial charge in [0.15, 0.2) is 5.79 Å². The van der Waals surface area contributed by atoms with Crippen LogP contribution in [-0.4, -0.2) is 49.4 Å².